The molecule has 0 bridgehead atoms. The van der Waals surface area contributed by atoms with Crippen molar-refractivity contribution in [2.75, 3.05) is 59.0 Å². The molecule has 5 rings (SSSR count). The van der Waals surface area contributed by atoms with E-state index in [4.69, 9.17) is 14.6 Å². The smallest absolute Gasteiger partial charge is 0.257 e. The van der Waals surface area contributed by atoms with E-state index in [-0.39, 0.29) is 25.6 Å². The van der Waals surface area contributed by atoms with E-state index in [1.54, 1.807) is 23.1 Å². The molecule has 3 unspecified atom stereocenters. The van der Waals surface area contributed by atoms with E-state index in [1.165, 1.54) is 11.1 Å². The first-order chi connectivity index (χ1) is 18.0. The molecule has 37 heavy (non-hydrogen) atoms. The fourth-order valence-corrected chi connectivity index (χ4v) is 5.50. The summed E-state index contributed by atoms with van der Waals surface area (Å²) in [6.45, 7) is 4.45. The van der Waals surface area contributed by atoms with Gasteiger partial charge in [0.15, 0.2) is 0 Å². The van der Waals surface area contributed by atoms with Gasteiger partial charge >= 0.3 is 0 Å². The Kier molecular flexibility index (Phi) is 8.24. The summed E-state index contributed by atoms with van der Waals surface area (Å²) in [6.07, 6.45) is -0.930. The molecular weight excluding hydrogens is 477 g/mol. The molecular formula is C28H36FN3O5. The molecule has 3 atom stereocenters. The van der Waals surface area contributed by atoms with E-state index in [0.717, 1.165) is 19.5 Å². The normalized spacial score (nSPS) is 23.5. The highest BCUT2D eigenvalue weighted by Crippen LogP contribution is 2.30. The van der Waals surface area contributed by atoms with Crippen LogP contribution in [0, 0.1) is 0 Å². The van der Waals surface area contributed by atoms with Crippen molar-refractivity contribution in [1.82, 2.24) is 14.7 Å². The number of alkyl halides is 1. The molecule has 1 saturated heterocycles. The molecule has 3 aliphatic heterocycles. The summed E-state index contributed by atoms with van der Waals surface area (Å²) in [5, 5.41) is 19.9. The van der Waals surface area contributed by atoms with Gasteiger partial charge in [-0.15, -0.1) is 0 Å². The fourth-order valence-electron chi connectivity index (χ4n) is 5.50. The minimum Gasteiger partial charge on any atom is -0.491 e. The van der Waals surface area contributed by atoms with Crippen molar-refractivity contribution < 1.29 is 28.9 Å². The van der Waals surface area contributed by atoms with Crippen molar-refractivity contribution in [3.8, 4) is 11.5 Å². The Bertz CT molecular complexity index is 1090. The minimum atomic E-state index is -1.16. The first kappa shape index (κ1) is 25.9. The van der Waals surface area contributed by atoms with E-state index in [9.17, 15) is 14.3 Å². The molecule has 1 amide bonds. The monoisotopic (exact) mass is 513 g/mol. The zero-order chi connectivity index (χ0) is 25.8. The number of hydrogen-bond donors (Lipinski definition) is 2. The number of nitrogens with zero attached hydrogens (tertiary/aromatic N) is 3. The number of hydrogen-bond acceptors (Lipinski definition) is 7. The van der Waals surface area contributed by atoms with Crippen LogP contribution in [0.1, 0.15) is 27.9 Å². The van der Waals surface area contributed by atoms with Crippen LogP contribution in [0.25, 0.3) is 0 Å². The van der Waals surface area contributed by atoms with Crippen molar-refractivity contribution in [2.24, 2.45) is 0 Å². The highest BCUT2D eigenvalue weighted by atomic mass is 19.1. The van der Waals surface area contributed by atoms with Gasteiger partial charge in [-0.25, -0.2) is 4.39 Å². The van der Waals surface area contributed by atoms with Crippen LogP contribution in [0.3, 0.4) is 0 Å². The van der Waals surface area contributed by atoms with E-state index >= 15 is 0 Å². The van der Waals surface area contributed by atoms with Crippen molar-refractivity contribution in [3.05, 3.63) is 59.2 Å². The molecule has 3 heterocycles. The Morgan fingerprint density at radius 2 is 1.92 bits per heavy atom. The molecule has 0 saturated carbocycles. The van der Waals surface area contributed by atoms with Crippen LogP contribution in [0.4, 0.5) is 4.39 Å². The number of carbonyl (C=O) groups excluding carboxylic acids is 1. The largest absolute Gasteiger partial charge is 0.491 e. The Morgan fingerprint density at radius 1 is 1.08 bits per heavy atom. The van der Waals surface area contributed by atoms with Gasteiger partial charge in [0.25, 0.3) is 5.91 Å². The van der Waals surface area contributed by atoms with Crippen molar-refractivity contribution >= 4 is 5.91 Å². The maximum Gasteiger partial charge on any atom is 0.257 e. The molecule has 0 radical (unpaired) electrons. The zero-order valence-electron chi connectivity index (χ0n) is 21.1. The molecule has 2 N–H and O–H groups in total. The average molecular weight is 514 g/mol. The third kappa shape index (κ3) is 6.23. The lowest BCUT2D eigenvalue weighted by Crippen LogP contribution is -2.47. The number of benzene rings is 2. The predicted octanol–water partition coefficient (Wildman–Crippen LogP) is 1.72. The second-order valence-electron chi connectivity index (χ2n) is 10.2. The Morgan fingerprint density at radius 3 is 2.73 bits per heavy atom. The Hall–Kier alpha value is -2.72. The van der Waals surface area contributed by atoms with Gasteiger partial charge in [-0.1, -0.05) is 24.3 Å². The number of likely N-dealkylation sites (tertiary alicyclic amines) is 1. The standard InChI is InChI=1S/C28H36FN3O5/c29-25-19-30(11-13-33)10-8-26(25)37-23-5-6-24-27(15-23)36-14-12-32(28(24)35)18-22(34)17-31-9-7-20-3-1-2-4-21(20)16-31/h1-6,15,22,25-26,33-34H,7-14,16-19H2. The van der Waals surface area contributed by atoms with Gasteiger partial charge in [0, 0.05) is 51.9 Å². The van der Waals surface area contributed by atoms with E-state index in [1.807, 2.05) is 11.0 Å². The van der Waals surface area contributed by atoms with Gasteiger partial charge in [0.1, 0.15) is 30.4 Å². The summed E-state index contributed by atoms with van der Waals surface area (Å²) >= 11 is 0. The van der Waals surface area contributed by atoms with Gasteiger partial charge in [-0.3, -0.25) is 14.6 Å². The van der Waals surface area contributed by atoms with Gasteiger partial charge in [-0.2, -0.15) is 0 Å². The zero-order valence-corrected chi connectivity index (χ0v) is 21.1. The highest BCUT2D eigenvalue weighted by Gasteiger charge is 2.32. The van der Waals surface area contributed by atoms with Crippen LogP contribution in [-0.2, 0) is 13.0 Å². The topological polar surface area (TPSA) is 85.7 Å². The summed E-state index contributed by atoms with van der Waals surface area (Å²) in [5.41, 5.74) is 3.07. The highest BCUT2D eigenvalue weighted by molar-refractivity contribution is 5.97. The van der Waals surface area contributed by atoms with Crippen molar-refractivity contribution in [3.63, 3.8) is 0 Å². The first-order valence-corrected chi connectivity index (χ1v) is 13.2. The van der Waals surface area contributed by atoms with Gasteiger partial charge in [0.2, 0.25) is 0 Å². The molecule has 0 spiro atoms. The number of aliphatic hydroxyl groups excluding tert-OH is 2. The summed E-state index contributed by atoms with van der Waals surface area (Å²) < 4.78 is 26.4. The summed E-state index contributed by atoms with van der Waals surface area (Å²) in [6, 6.07) is 13.4. The molecule has 2 aromatic rings. The SMILES string of the molecule is O=C1c2ccc(OC3CCN(CCO)CC3F)cc2OCCN1CC(O)CN1CCc2ccccc2C1. The van der Waals surface area contributed by atoms with Gasteiger partial charge in [0.05, 0.1) is 24.8 Å². The number of rotatable bonds is 8. The number of amides is 1. The van der Waals surface area contributed by atoms with Gasteiger partial charge in [-0.05, 0) is 36.1 Å². The lowest BCUT2D eigenvalue weighted by Gasteiger charge is -2.34. The molecule has 2 aromatic carbocycles. The molecule has 0 aromatic heterocycles. The Labute approximate surface area is 217 Å². The number of ether oxygens (including phenoxy) is 2. The first-order valence-electron chi connectivity index (χ1n) is 13.2. The maximum absolute atomic E-state index is 14.6. The molecule has 1 fully saturated rings. The third-order valence-electron chi connectivity index (χ3n) is 7.47. The molecule has 0 aliphatic carbocycles. The summed E-state index contributed by atoms with van der Waals surface area (Å²) in [4.78, 5) is 19.0. The summed E-state index contributed by atoms with van der Waals surface area (Å²) in [7, 11) is 0. The lowest BCUT2D eigenvalue weighted by atomic mass is 10.00. The molecule has 3 aliphatic rings. The number of aliphatic hydroxyl groups is 2. The van der Waals surface area contributed by atoms with Crippen LogP contribution < -0.4 is 9.47 Å². The summed E-state index contributed by atoms with van der Waals surface area (Å²) in [5.74, 6) is 0.691. The maximum atomic E-state index is 14.6. The molecule has 8 nitrogen and oxygen atoms in total. The minimum absolute atomic E-state index is 0.00919. The van der Waals surface area contributed by atoms with Gasteiger partial charge < -0.3 is 24.6 Å². The van der Waals surface area contributed by atoms with E-state index in [2.05, 4.69) is 23.1 Å². The van der Waals surface area contributed by atoms with Crippen LogP contribution >= 0.6 is 0 Å². The molecule has 9 heteroatoms. The fraction of sp³-hybridized carbons (Fsp3) is 0.536. The Balaban J connectivity index is 1.17. The van der Waals surface area contributed by atoms with Crippen LogP contribution in [-0.4, -0.2) is 108 Å². The number of carbonyl (C=O) groups is 1. The third-order valence-corrected chi connectivity index (χ3v) is 7.47. The lowest BCUT2D eigenvalue weighted by molar-refractivity contribution is 0.0166. The predicted molar refractivity (Wildman–Crippen MR) is 137 cm³/mol. The van der Waals surface area contributed by atoms with Crippen LogP contribution in [0.5, 0.6) is 11.5 Å². The number of halogens is 1. The second kappa shape index (κ2) is 11.8. The van der Waals surface area contributed by atoms with Crippen molar-refractivity contribution in [2.45, 2.75) is 37.8 Å². The molecule has 200 valence electrons. The quantitative estimate of drug-likeness (QED) is 0.556. The van der Waals surface area contributed by atoms with Crippen LogP contribution in [0.15, 0.2) is 42.5 Å². The second-order valence-corrected chi connectivity index (χ2v) is 10.2. The van der Waals surface area contributed by atoms with Crippen LogP contribution in [0.2, 0.25) is 0 Å². The number of fused-ring (bicyclic) bond motifs is 2. The van der Waals surface area contributed by atoms with Crippen molar-refractivity contribution in [1.29, 1.82) is 0 Å². The number of β-amino-alcohol motifs (C(OH)–C–C–N with tert-alkyl or cyclic N) is 2. The van der Waals surface area contributed by atoms with E-state index in [0.29, 0.717) is 56.3 Å². The number of piperidine rings is 1. The average Bonchev–Trinajstić information content (AvgIpc) is 3.04. The van der Waals surface area contributed by atoms with E-state index < -0.39 is 18.4 Å².